The molecule has 1 rings (SSSR count). The Balaban J connectivity index is 0.00000137. The van der Waals surface area contributed by atoms with E-state index in [9.17, 15) is 0 Å². The zero-order valence-corrected chi connectivity index (χ0v) is 11.9. The van der Waals surface area contributed by atoms with Crippen LogP contribution in [-0.4, -0.2) is 0 Å². The maximum atomic E-state index is 5.65. The molecule has 0 aromatic heterocycles. The molecule has 0 radical (unpaired) electrons. The lowest BCUT2D eigenvalue weighted by molar-refractivity contribution is 0.211. The Morgan fingerprint density at radius 2 is 1.83 bits per heavy atom. The van der Waals surface area contributed by atoms with E-state index in [2.05, 4.69) is 6.58 Å². The van der Waals surface area contributed by atoms with Crippen molar-refractivity contribution in [2.24, 2.45) is 0 Å². The first-order valence-corrected chi connectivity index (χ1v) is 6.40. The standard InChI is InChI=1S/C15H18O.C2H6/c1-4-13(3)11-15(5-2)16-12-14-9-7-6-8-10-14;1-2/h4-11H,2,12H2,1,3H3;1-2H3/b13-4-,15-11+;. The van der Waals surface area contributed by atoms with Gasteiger partial charge in [-0.15, -0.1) is 0 Å². The summed E-state index contributed by atoms with van der Waals surface area (Å²) in [7, 11) is 0. The lowest BCUT2D eigenvalue weighted by Gasteiger charge is -2.07. The molecule has 1 aromatic rings. The molecule has 0 saturated heterocycles. The number of ether oxygens (including phenoxy) is 1. The highest BCUT2D eigenvalue weighted by Gasteiger charge is 1.95. The zero-order chi connectivity index (χ0) is 13.8. The van der Waals surface area contributed by atoms with E-state index < -0.39 is 0 Å². The Labute approximate surface area is 111 Å². The lowest BCUT2D eigenvalue weighted by Crippen LogP contribution is -1.91. The minimum atomic E-state index is 0.579. The van der Waals surface area contributed by atoms with E-state index >= 15 is 0 Å². The Kier molecular flexibility index (Phi) is 9.38. The summed E-state index contributed by atoms with van der Waals surface area (Å²) < 4.78 is 5.65. The molecule has 0 atom stereocenters. The molecule has 0 aliphatic rings. The van der Waals surface area contributed by atoms with Gasteiger partial charge in [0.15, 0.2) is 0 Å². The molecule has 0 bridgehead atoms. The number of benzene rings is 1. The van der Waals surface area contributed by atoms with Gasteiger partial charge < -0.3 is 4.74 Å². The minimum absolute atomic E-state index is 0.579. The third kappa shape index (κ3) is 6.74. The molecule has 0 amide bonds. The quantitative estimate of drug-likeness (QED) is 0.506. The van der Waals surface area contributed by atoms with Crippen molar-refractivity contribution in [3.05, 3.63) is 72.0 Å². The molecule has 0 fully saturated rings. The normalized spacial score (nSPS) is 11.3. The van der Waals surface area contributed by atoms with E-state index in [0.29, 0.717) is 6.61 Å². The van der Waals surface area contributed by atoms with Crippen molar-refractivity contribution < 1.29 is 4.74 Å². The second kappa shape index (κ2) is 10.4. The molecule has 0 aliphatic carbocycles. The van der Waals surface area contributed by atoms with Crippen LogP contribution in [0.15, 0.2) is 66.5 Å². The Hall–Kier alpha value is -1.76. The average molecular weight is 244 g/mol. The third-order valence-electron chi connectivity index (χ3n) is 2.27. The van der Waals surface area contributed by atoms with Crippen molar-refractivity contribution in [1.82, 2.24) is 0 Å². The highest BCUT2D eigenvalue weighted by Crippen LogP contribution is 2.09. The van der Waals surface area contributed by atoms with Crippen LogP contribution in [0.5, 0.6) is 0 Å². The molecule has 0 aliphatic heterocycles. The predicted octanol–water partition coefficient (Wildman–Crippen LogP) is 5.27. The summed E-state index contributed by atoms with van der Waals surface area (Å²) in [6.45, 7) is 12.4. The van der Waals surface area contributed by atoms with Gasteiger partial charge in [-0.3, -0.25) is 0 Å². The lowest BCUT2D eigenvalue weighted by atomic mass is 10.2. The van der Waals surface area contributed by atoms with Crippen LogP contribution < -0.4 is 0 Å². The van der Waals surface area contributed by atoms with Gasteiger partial charge in [0.25, 0.3) is 0 Å². The first kappa shape index (κ1) is 16.2. The van der Waals surface area contributed by atoms with Gasteiger partial charge in [0.1, 0.15) is 12.4 Å². The molecular formula is C17H24O. The molecule has 1 heteroatoms. The van der Waals surface area contributed by atoms with Gasteiger partial charge >= 0.3 is 0 Å². The largest absolute Gasteiger partial charge is 0.489 e. The van der Waals surface area contributed by atoms with E-state index in [0.717, 1.165) is 11.3 Å². The molecular weight excluding hydrogens is 220 g/mol. The number of hydrogen-bond donors (Lipinski definition) is 0. The zero-order valence-electron chi connectivity index (χ0n) is 11.9. The van der Waals surface area contributed by atoms with E-state index in [1.54, 1.807) is 6.08 Å². The monoisotopic (exact) mass is 244 g/mol. The van der Waals surface area contributed by atoms with Crippen molar-refractivity contribution in [2.75, 3.05) is 0 Å². The smallest absolute Gasteiger partial charge is 0.119 e. The average Bonchev–Trinajstić information content (AvgIpc) is 2.46. The number of rotatable bonds is 5. The van der Waals surface area contributed by atoms with E-state index in [4.69, 9.17) is 4.74 Å². The molecule has 0 spiro atoms. The highest BCUT2D eigenvalue weighted by atomic mass is 16.5. The third-order valence-corrected chi connectivity index (χ3v) is 2.27. The van der Waals surface area contributed by atoms with Gasteiger partial charge in [0.2, 0.25) is 0 Å². The molecule has 0 heterocycles. The molecule has 18 heavy (non-hydrogen) atoms. The Morgan fingerprint density at radius 3 is 2.33 bits per heavy atom. The van der Waals surface area contributed by atoms with Crippen LogP contribution in [0.1, 0.15) is 33.3 Å². The fraction of sp³-hybridized carbons (Fsp3) is 0.294. The van der Waals surface area contributed by atoms with Crippen molar-refractivity contribution in [3.63, 3.8) is 0 Å². The maximum absolute atomic E-state index is 5.65. The summed E-state index contributed by atoms with van der Waals surface area (Å²) >= 11 is 0. The SMILES string of the molecule is C=C/C(=C\C(C)=C/C)OCc1ccccc1.CC. The summed E-state index contributed by atoms with van der Waals surface area (Å²) in [5.74, 6) is 0.805. The predicted molar refractivity (Wildman–Crippen MR) is 80.3 cm³/mol. The van der Waals surface area contributed by atoms with E-state index in [1.807, 2.05) is 70.2 Å². The first-order valence-electron chi connectivity index (χ1n) is 6.40. The van der Waals surface area contributed by atoms with E-state index in [-0.39, 0.29) is 0 Å². The Morgan fingerprint density at radius 1 is 1.22 bits per heavy atom. The summed E-state index contributed by atoms with van der Waals surface area (Å²) in [4.78, 5) is 0. The van der Waals surface area contributed by atoms with Gasteiger partial charge in [-0.25, -0.2) is 0 Å². The highest BCUT2D eigenvalue weighted by molar-refractivity contribution is 5.24. The van der Waals surface area contributed by atoms with Crippen molar-refractivity contribution in [3.8, 4) is 0 Å². The van der Waals surface area contributed by atoms with E-state index in [1.165, 1.54) is 5.57 Å². The fourth-order valence-corrected chi connectivity index (χ4v) is 1.21. The first-order chi connectivity index (χ1) is 8.76. The van der Waals surface area contributed by atoms with Crippen LogP contribution in [0.4, 0.5) is 0 Å². The van der Waals surface area contributed by atoms with Crippen molar-refractivity contribution in [1.29, 1.82) is 0 Å². The second-order valence-electron chi connectivity index (χ2n) is 3.56. The topological polar surface area (TPSA) is 9.23 Å². The number of allylic oxidation sites excluding steroid dienone is 4. The maximum Gasteiger partial charge on any atom is 0.119 e. The van der Waals surface area contributed by atoms with Gasteiger partial charge in [-0.1, -0.05) is 62.4 Å². The molecule has 0 unspecified atom stereocenters. The molecule has 0 saturated carbocycles. The van der Waals surface area contributed by atoms with Crippen molar-refractivity contribution in [2.45, 2.75) is 34.3 Å². The summed E-state index contributed by atoms with van der Waals surface area (Å²) in [6, 6.07) is 10.1. The van der Waals surface area contributed by atoms with Gasteiger partial charge in [0, 0.05) is 0 Å². The summed E-state index contributed by atoms with van der Waals surface area (Å²) in [5, 5.41) is 0. The minimum Gasteiger partial charge on any atom is -0.489 e. The van der Waals surface area contributed by atoms with Crippen LogP contribution in [0.3, 0.4) is 0 Å². The van der Waals surface area contributed by atoms with Gasteiger partial charge in [-0.05, 0) is 31.6 Å². The van der Waals surface area contributed by atoms with Crippen LogP contribution in [0, 0.1) is 0 Å². The van der Waals surface area contributed by atoms with Crippen LogP contribution in [0.2, 0.25) is 0 Å². The molecule has 98 valence electrons. The van der Waals surface area contributed by atoms with Crippen LogP contribution in [-0.2, 0) is 11.3 Å². The van der Waals surface area contributed by atoms with Crippen LogP contribution >= 0.6 is 0 Å². The number of hydrogen-bond acceptors (Lipinski definition) is 1. The second-order valence-corrected chi connectivity index (χ2v) is 3.56. The Bertz CT molecular complexity index is 385. The fourth-order valence-electron chi connectivity index (χ4n) is 1.21. The molecule has 1 nitrogen and oxygen atoms in total. The van der Waals surface area contributed by atoms with Crippen molar-refractivity contribution >= 4 is 0 Å². The van der Waals surface area contributed by atoms with Gasteiger partial charge in [-0.2, -0.15) is 0 Å². The molecule has 1 aromatic carbocycles. The van der Waals surface area contributed by atoms with Crippen LogP contribution in [0.25, 0.3) is 0 Å². The molecule has 0 N–H and O–H groups in total. The summed E-state index contributed by atoms with van der Waals surface area (Å²) in [6.07, 6.45) is 5.75. The summed E-state index contributed by atoms with van der Waals surface area (Å²) in [5.41, 5.74) is 2.33. The van der Waals surface area contributed by atoms with Gasteiger partial charge in [0.05, 0.1) is 0 Å².